The van der Waals surface area contributed by atoms with Gasteiger partial charge in [-0.05, 0) is 55.5 Å². The van der Waals surface area contributed by atoms with Gasteiger partial charge in [0, 0.05) is 6.20 Å². The third-order valence-corrected chi connectivity index (χ3v) is 5.65. The summed E-state index contributed by atoms with van der Waals surface area (Å²) in [6.07, 6.45) is 1.76. The number of hydrogen-bond acceptors (Lipinski definition) is 6. The predicted octanol–water partition coefficient (Wildman–Crippen LogP) is 4.90. The molecule has 0 bridgehead atoms. The smallest absolute Gasteiger partial charge is 0.196 e. The summed E-state index contributed by atoms with van der Waals surface area (Å²) in [6, 6.07) is 21.7. The van der Waals surface area contributed by atoms with Crippen LogP contribution < -0.4 is 4.74 Å². The zero-order chi connectivity index (χ0) is 21.0. The van der Waals surface area contributed by atoms with Crippen LogP contribution in [-0.2, 0) is 5.75 Å². The number of pyridine rings is 1. The van der Waals surface area contributed by atoms with E-state index in [-0.39, 0.29) is 0 Å². The Morgan fingerprint density at radius 3 is 2.58 bits per heavy atom. The quantitative estimate of drug-likeness (QED) is 0.372. The molecule has 0 radical (unpaired) electrons. The molecule has 2 aromatic carbocycles. The third kappa shape index (κ3) is 4.02. The SMILES string of the molecule is CCOc1ccc(-n2c(SCc3nc4ccccc4[nH]3)nnc2-c2ccccn2)cc1. The first-order valence-corrected chi connectivity index (χ1v) is 11.0. The molecule has 0 atom stereocenters. The van der Waals surface area contributed by atoms with E-state index in [0.29, 0.717) is 18.2 Å². The van der Waals surface area contributed by atoms with E-state index in [4.69, 9.17) is 4.74 Å². The molecular formula is C23H20N6OS. The molecule has 5 rings (SSSR count). The molecule has 0 aliphatic rings. The number of hydrogen-bond donors (Lipinski definition) is 1. The van der Waals surface area contributed by atoms with Gasteiger partial charge in [-0.15, -0.1) is 10.2 Å². The maximum Gasteiger partial charge on any atom is 0.196 e. The summed E-state index contributed by atoms with van der Waals surface area (Å²) in [5.74, 6) is 3.06. The number of H-pyrrole nitrogens is 1. The van der Waals surface area contributed by atoms with Gasteiger partial charge in [0.15, 0.2) is 11.0 Å². The Kier molecular flexibility index (Phi) is 5.37. The van der Waals surface area contributed by atoms with Crippen molar-refractivity contribution in [1.82, 2.24) is 29.7 Å². The first-order chi connectivity index (χ1) is 15.3. The van der Waals surface area contributed by atoms with Gasteiger partial charge >= 0.3 is 0 Å². The molecule has 1 N–H and O–H groups in total. The fourth-order valence-electron chi connectivity index (χ4n) is 3.32. The van der Waals surface area contributed by atoms with E-state index in [9.17, 15) is 0 Å². The van der Waals surface area contributed by atoms with Crippen LogP contribution in [0.25, 0.3) is 28.2 Å². The Morgan fingerprint density at radius 2 is 1.81 bits per heavy atom. The number of benzene rings is 2. The van der Waals surface area contributed by atoms with Gasteiger partial charge in [-0.25, -0.2) is 4.98 Å². The molecule has 0 amide bonds. The minimum Gasteiger partial charge on any atom is -0.494 e. The lowest BCUT2D eigenvalue weighted by atomic mass is 10.3. The van der Waals surface area contributed by atoms with Crippen LogP contribution in [0.1, 0.15) is 12.7 Å². The number of nitrogens with zero attached hydrogens (tertiary/aromatic N) is 5. The highest BCUT2D eigenvalue weighted by Gasteiger charge is 2.18. The number of para-hydroxylation sites is 2. The van der Waals surface area contributed by atoms with Crippen molar-refractivity contribution < 1.29 is 4.74 Å². The van der Waals surface area contributed by atoms with Gasteiger partial charge < -0.3 is 9.72 Å². The molecule has 0 saturated heterocycles. The highest BCUT2D eigenvalue weighted by atomic mass is 32.2. The van der Waals surface area contributed by atoms with E-state index in [1.807, 2.05) is 78.2 Å². The Balaban J connectivity index is 1.49. The second-order valence-corrected chi connectivity index (χ2v) is 7.72. The standard InChI is InChI=1S/C23H20N6OS/c1-2-30-17-12-10-16(11-13-17)29-22(20-9-5-6-14-24-20)27-28-23(29)31-15-21-25-18-7-3-4-8-19(18)26-21/h3-14H,2,15H2,1H3,(H,25,26). The van der Waals surface area contributed by atoms with Crippen LogP contribution in [0.4, 0.5) is 0 Å². The largest absolute Gasteiger partial charge is 0.494 e. The molecule has 154 valence electrons. The van der Waals surface area contributed by atoms with E-state index < -0.39 is 0 Å². The van der Waals surface area contributed by atoms with Gasteiger partial charge in [0.2, 0.25) is 0 Å². The lowest BCUT2D eigenvalue weighted by Crippen LogP contribution is -2.01. The van der Waals surface area contributed by atoms with Crippen molar-refractivity contribution in [2.24, 2.45) is 0 Å². The van der Waals surface area contributed by atoms with E-state index in [0.717, 1.165) is 39.1 Å². The third-order valence-electron chi connectivity index (χ3n) is 4.71. The summed E-state index contributed by atoms with van der Waals surface area (Å²) in [6.45, 7) is 2.60. The monoisotopic (exact) mass is 428 g/mol. The zero-order valence-corrected chi connectivity index (χ0v) is 17.7. The number of aromatic nitrogens is 6. The molecule has 31 heavy (non-hydrogen) atoms. The maximum absolute atomic E-state index is 5.59. The van der Waals surface area contributed by atoms with Crippen LogP contribution >= 0.6 is 11.8 Å². The highest BCUT2D eigenvalue weighted by molar-refractivity contribution is 7.98. The average molecular weight is 429 g/mol. The van der Waals surface area contributed by atoms with Crippen LogP contribution in [0, 0.1) is 0 Å². The summed E-state index contributed by atoms with van der Waals surface area (Å²) >= 11 is 1.58. The van der Waals surface area contributed by atoms with Crippen molar-refractivity contribution in [3.8, 4) is 23.0 Å². The second-order valence-electron chi connectivity index (χ2n) is 6.77. The van der Waals surface area contributed by atoms with Gasteiger partial charge in [0.1, 0.15) is 17.3 Å². The molecule has 0 spiro atoms. The van der Waals surface area contributed by atoms with E-state index >= 15 is 0 Å². The van der Waals surface area contributed by atoms with Gasteiger partial charge in [0.25, 0.3) is 0 Å². The number of rotatable bonds is 7. The fourth-order valence-corrected chi connectivity index (χ4v) is 4.14. The summed E-state index contributed by atoms with van der Waals surface area (Å²) < 4.78 is 7.61. The number of nitrogens with one attached hydrogen (secondary N) is 1. The Morgan fingerprint density at radius 1 is 0.968 bits per heavy atom. The van der Waals surface area contributed by atoms with Crippen LogP contribution in [0.2, 0.25) is 0 Å². The molecule has 5 aromatic rings. The Labute approximate surface area is 183 Å². The Bertz CT molecular complexity index is 1260. The number of imidazole rings is 1. The van der Waals surface area contributed by atoms with Crippen molar-refractivity contribution in [3.05, 3.63) is 78.8 Å². The normalized spacial score (nSPS) is 11.1. The zero-order valence-electron chi connectivity index (χ0n) is 16.9. The number of fused-ring (bicyclic) bond motifs is 1. The molecule has 0 aliphatic carbocycles. The van der Waals surface area contributed by atoms with Gasteiger partial charge in [-0.2, -0.15) is 0 Å². The minimum absolute atomic E-state index is 0.629. The number of aromatic amines is 1. The number of thioether (sulfide) groups is 1. The molecule has 8 heteroatoms. The molecule has 0 saturated carbocycles. The van der Waals surface area contributed by atoms with E-state index in [1.165, 1.54) is 0 Å². The molecule has 3 aromatic heterocycles. The number of ether oxygens (including phenoxy) is 1. The lowest BCUT2D eigenvalue weighted by Gasteiger charge is -2.11. The van der Waals surface area contributed by atoms with Crippen LogP contribution in [-0.4, -0.2) is 36.3 Å². The summed E-state index contributed by atoms with van der Waals surface area (Å²) in [5.41, 5.74) is 3.70. The second kappa shape index (κ2) is 8.61. The van der Waals surface area contributed by atoms with E-state index in [2.05, 4.69) is 25.1 Å². The lowest BCUT2D eigenvalue weighted by molar-refractivity contribution is 0.340. The molecule has 7 nitrogen and oxygen atoms in total. The van der Waals surface area contributed by atoms with E-state index in [1.54, 1.807) is 18.0 Å². The van der Waals surface area contributed by atoms with Crippen molar-refractivity contribution in [2.45, 2.75) is 17.8 Å². The minimum atomic E-state index is 0.629. The molecule has 0 unspecified atom stereocenters. The highest BCUT2D eigenvalue weighted by Crippen LogP contribution is 2.29. The van der Waals surface area contributed by atoms with Crippen molar-refractivity contribution >= 4 is 22.8 Å². The van der Waals surface area contributed by atoms with Crippen LogP contribution in [0.15, 0.2) is 78.1 Å². The van der Waals surface area contributed by atoms with Gasteiger partial charge in [-0.3, -0.25) is 9.55 Å². The molecule has 0 aliphatic heterocycles. The predicted molar refractivity (Wildman–Crippen MR) is 121 cm³/mol. The summed E-state index contributed by atoms with van der Waals surface area (Å²) in [5, 5.41) is 9.67. The molecule has 0 fully saturated rings. The van der Waals surface area contributed by atoms with Crippen molar-refractivity contribution in [3.63, 3.8) is 0 Å². The fraction of sp³-hybridized carbons (Fsp3) is 0.130. The van der Waals surface area contributed by atoms with Crippen LogP contribution in [0.5, 0.6) is 5.75 Å². The van der Waals surface area contributed by atoms with Crippen molar-refractivity contribution in [1.29, 1.82) is 0 Å². The topological polar surface area (TPSA) is 81.5 Å². The molecule has 3 heterocycles. The Hall–Kier alpha value is -3.65. The molecular weight excluding hydrogens is 408 g/mol. The first kappa shape index (κ1) is 19.3. The first-order valence-electron chi connectivity index (χ1n) is 9.98. The average Bonchev–Trinajstić information content (AvgIpc) is 3.43. The maximum atomic E-state index is 5.59. The summed E-state index contributed by atoms with van der Waals surface area (Å²) in [7, 11) is 0. The summed E-state index contributed by atoms with van der Waals surface area (Å²) in [4.78, 5) is 12.5. The van der Waals surface area contributed by atoms with Crippen molar-refractivity contribution in [2.75, 3.05) is 6.61 Å². The van der Waals surface area contributed by atoms with Gasteiger partial charge in [-0.1, -0.05) is 30.0 Å². The van der Waals surface area contributed by atoms with Crippen LogP contribution in [0.3, 0.4) is 0 Å². The van der Waals surface area contributed by atoms with Gasteiger partial charge in [0.05, 0.1) is 29.1 Å².